The smallest absolute Gasteiger partial charge is 0.400 e. The summed E-state index contributed by atoms with van der Waals surface area (Å²) in [4.78, 5) is 0. The maximum atomic E-state index is 12.8. The number of amidine groups is 1. The van der Waals surface area contributed by atoms with Gasteiger partial charge in [0, 0.05) is 12.6 Å². The highest BCUT2D eigenvalue weighted by molar-refractivity contribution is 5.83. The number of hydrogen-bond donors (Lipinski definition) is 3. The van der Waals surface area contributed by atoms with Crippen LogP contribution in [0.4, 0.5) is 13.2 Å². The highest BCUT2D eigenvalue weighted by atomic mass is 19.4. The minimum Gasteiger partial charge on any atom is -0.409 e. The molecule has 0 bridgehead atoms. The van der Waals surface area contributed by atoms with Crippen molar-refractivity contribution in [1.82, 2.24) is 5.32 Å². The second-order valence-electron chi connectivity index (χ2n) is 4.82. The topological polar surface area (TPSA) is 70.6 Å². The molecule has 1 aromatic carbocycles. The number of fused-ring (bicyclic) bond motifs is 1. The normalized spacial score (nSPS) is 20.8. The summed E-state index contributed by atoms with van der Waals surface area (Å²) in [5.41, 5.74) is 7.29. The zero-order valence-electron chi connectivity index (χ0n) is 10.7. The second-order valence-corrected chi connectivity index (χ2v) is 4.82. The average molecular weight is 287 g/mol. The Hall–Kier alpha value is -1.76. The molecule has 7 heteroatoms. The van der Waals surface area contributed by atoms with Crippen LogP contribution in [0, 0.1) is 5.92 Å². The lowest BCUT2D eigenvalue weighted by Gasteiger charge is -2.22. The van der Waals surface area contributed by atoms with E-state index in [1.54, 1.807) is 0 Å². The van der Waals surface area contributed by atoms with E-state index < -0.39 is 24.5 Å². The molecule has 0 fully saturated rings. The van der Waals surface area contributed by atoms with Gasteiger partial charge in [0.05, 0.1) is 0 Å². The molecule has 0 radical (unpaired) electrons. The van der Waals surface area contributed by atoms with E-state index in [1.807, 2.05) is 24.3 Å². The summed E-state index contributed by atoms with van der Waals surface area (Å²) >= 11 is 0. The molecule has 1 aliphatic rings. The Labute approximate surface area is 114 Å². The predicted octanol–water partition coefficient (Wildman–Crippen LogP) is 2.19. The van der Waals surface area contributed by atoms with Gasteiger partial charge in [0.25, 0.3) is 0 Å². The van der Waals surface area contributed by atoms with E-state index in [9.17, 15) is 13.2 Å². The van der Waals surface area contributed by atoms with Crippen molar-refractivity contribution in [3.63, 3.8) is 0 Å². The highest BCUT2D eigenvalue weighted by Gasteiger charge is 2.43. The van der Waals surface area contributed by atoms with Crippen molar-refractivity contribution < 1.29 is 18.4 Å². The first-order chi connectivity index (χ1) is 9.43. The number of nitrogens with two attached hydrogens (primary N) is 1. The minimum absolute atomic E-state index is 0.123. The molecule has 0 saturated heterocycles. The van der Waals surface area contributed by atoms with Crippen LogP contribution in [0.3, 0.4) is 0 Å². The molecule has 2 unspecified atom stereocenters. The number of rotatable bonds is 4. The van der Waals surface area contributed by atoms with Gasteiger partial charge in [0.15, 0.2) is 5.84 Å². The molecule has 0 aliphatic heterocycles. The lowest BCUT2D eigenvalue weighted by molar-refractivity contribution is -0.155. The molecule has 0 saturated carbocycles. The summed E-state index contributed by atoms with van der Waals surface area (Å²) in [6.07, 6.45) is -2.95. The lowest BCUT2D eigenvalue weighted by Crippen LogP contribution is -2.43. The van der Waals surface area contributed by atoms with Crippen LogP contribution >= 0.6 is 0 Å². The number of nitrogens with zero attached hydrogens (tertiary/aromatic N) is 1. The molecule has 0 aromatic heterocycles. The summed E-state index contributed by atoms with van der Waals surface area (Å²) < 4.78 is 38.4. The largest absolute Gasteiger partial charge is 0.409 e. The summed E-state index contributed by atoms with van der Waals surface area (Å²) in [6.45, 7) is -0.404. The molecular formula is C13H16F3N3O. The van der Waals surface area contributed by atoms with Gasteiger partial charge in [-0.2, -0.15) is 13.2 Å². The van der Waals surface area contributed by atoms with Crippen LogP contribution in [-0.4, -0.2) is 23.8 Å². The van der Waals surface area contributed by atoms with E-state index in [0.29, 0.717) is 0 Å². The van der Waals surface area contributed by atoms with Crippen LogP contribution < -0.4 is 11.1 Å². The first-order valence-electron chi connectivity index (χ1n) is 6.28. The van der Waals surface area contributed by atoms with Crippen LogP contribution in [0.5, 0.6) is 0 Å². The van der Waals surface area contributed by atoms with Crippen molar-refractivity contribution in [2.45, 2.75) is 25.1 Å². The lowest BCUT2D eigenvalue weighted by atomic mass is 10.1. The van der Waals surface area contributed by atoms with Crippen molar-refractivity contribution in [3.8, 4) is 0 Å². The Bertz CT molecular complexity index is 502. The van der Waals surface area contributed by atoms with E-state index >= 15 is 0 Å². The number of alkyl halides is 3. The first-order valence-corrected chi connectivity index (χ1v) is 6.28. The quantitative estimate of drug-likeness (QED) is 0.344. The van der Waals surface area contributed by atoms with Crippen molar-refractivity contribution in [1.29, 1.82) is 0 Å². The van der Waals surface area contributed by atoms with Crippen molar-refractivity contribution in [2.24, 2.45) is 16.8 Å². The molecule has 0 spiro atoms. The Kier molecular flexibility index (Phi) is 4.17. The molecule has 2 rings (SSSR count). The van der Waals surface area contributed by atoms with E-state index in [-0.39, 0.29) is 6.04 Å². The van der Waals surface area contributed by atoms with Crippen molar-refractivity contribution >= 4 is 5.84 Å². The van der Waals surface area contributed by atoms with Crippen molar-refractivity contribution in [3.05, 3.63) is 35.4 Å². The van der Waals surface area contributed by atoms with Crippen LogP contribution in [0.2, 0.25) is 0 Å². The van der Waals surface area contributed by atoms with Crippen LogP contribution in [0.1, 0.15) is 23.6 Å². The molecule has 0 amide bonds. The SMILES string of the molecule is N/C(=N/O)C(CNC1CCc2ccccc21)C(F)(F)F. The molecule has 1 aliphatic carbocycles. The predicted molar refractivity (Wildman–Crippen MR) is 68.5 cm³/mol. The minimum atomic E-state index is -4.54. The number of benzene rings is 1. The zero-order chi connectivity index (χ0) is 14.8. The Morgan fingerprint density at radius 2 is 2.15 bits per heavy atom. The Balaban J connectivity index is 2.05. The van der Waals surface area contributed by atoms with Crippen LogP contribution in [-0.2, 0) is 6.42 Å². The van der Waals surface area contributed by atoms with Gasteiger partial charge in [-0.3, -0.25) is 0 Å². The zero-order valence-corrected chi connectivity index (χ0v) is 10.7. The van der Waals surface area contributed by atoms with E-state index in [0.717, 1.165) is 24.0 Å². The molecule has 1 aromatic rings. The van der Waals surface area contributed by atoms with Gasteiger partial charge in [0.2, 0.25) is 0 Å². The molecule has 4 nitrogen and oxygen atoms in total. The monoisotopic (exact) mass is 287 g/mol. The summed E-state index contributed by atoms with van der Waals surface area (Å²) in [6, 6.07) is 7.54. The third kappa shape index (κ3) is 3.04. The Morgan fingerprint density at radius 1 is 1.45 bits per heavy atom. The number of hydrogen-bond acceptors (Lipinski definition) is 3. The second kappa shape index (κ2) is 5.70. The fourth-order valence-electron chi connectivity index (χ4n) is 2.49. The van der Waals surface area contributed by atoms with Gasteiger partial charge in [0.1, 0.15) is 5.92 Å². The molecule has 0 heterocycles. The van der Waals surface area contributed by atoms with Gasteiger partial charge in [-0.1, -0.05) is 29.4 Å². The van der Waals surface area contributed by atoms with Gasteiger partial charge in [-0.25, -0.2) is 0 Å². The van der Waals surface area contributed by atoms with Gasteiger partial charge >= 0.3 is 6.18 Å². The van der Waals surface area contributed by atoms with E-state index in [4.69, 9.17) is 10.9 Å². The van der Waals surface area contributed by atoms with Crippen LogP contribution in [0.15, 0.2) is 29.4 Å². The fraction of sp³-hybridized carbons (Fsp3) is 0.462. The molecule has 20 heavy (non-hydrogen) atoms. The number of nitrogens with one attached hydrogen (secondary N) is 1. The number of oxime groups is 1. The third-order valence-electron chi connectivity index (χ3n) is 3.57. The van der Waals surface area contributed by atoms with E-state index in [1.165, 1.54) is 0 Å². The molecular weight excluding hydrogens is 271 g/mol. The third-order valence-corrected chi connectivity index (χ3v) is 3.57. The summed E-state index contributed by atoms with van der Waals surface area (Å²) in [5.74, 6) is -2.81. The van der Waals surface area contributed by atoms with Crippen molar-refractivity contribution in [2.75, 3.05) is 6.54 Å². The standard InChI is InChI=1S/C13H16F3N3O/c14-13(15,16)10(12(17)19-20)7-18-11-6-5-8-3-1-2-4-9(8)11/h1-4,10-11,18,20H,5-7H2,(H2,17,19). The highest BCUT2D eigenvalue weighted by Crippen LogP contribution is 2.32. The first kappa shape index (κ1) is 14.6. The maximum absolute atomic E-state index is 12.8. The molecule has 2 atom stereocenters. The molecule has 110 valence electrons. The van der Waals surface area contributed by atoms with Gasteiger partial charge < -0.3 is 16.3 Å². The van der Waals surface area contributed by atoms with Gasteiger partial charge in [-0.05, 0) is 24.0 Å². The van der Waals surface area contributed by atoms with E-state index in [2.05, 4.69) is 10.5 Å². The van der Waals surface area contributed by atoms with Gasteiger partial charge in [-0.15, -0.1) is 0 Å². The van der Waals surface area contributed by atoms with Crippen LogP contribution in [0.25, 0.3) is 0 Å². The maximum Gasteiger partial charge on any atom is 0.400 e. The number of halogens is 3. The summed E-state index contributed by atoms with van der Waals surface area (Å²) in [5, 5.41) is 13.8. The summed E-state index contributed by atoms with van der Waals surface area (Å²) in [7, 11) is 0. The fourth-order valence-corrected chi connectivity index (χ4v) is 2.49. The average Bonchev–Trinajstić information content (AvgIpc) is 2.80. The Morgan fingerprint density at radius 3 is 2.80 bits per heavy atom. The molecule has 4 N–H and O–H groups in total. The number of aryl methyl sites for hydroxylation is 1.